The van der Waals surface area contributed by atoms with Crippen molar-refractivity contribution in [2.75, 3.05) is 39.9 Å². The first-order chi connectivity index (χ1) is 11.7. The van der Waals surface area contributed by atoms with Gasteiger partial charge in [-0.1, -0.05) is 29.8 Å². The highest BCUT2D eigenvalue weighted by Crippen LogP contribution is 2.25. The van der Waals surface area contributed by atoms with E-state index in [0.717, 1.165) is 44.8 Å². The standard InChI is InChI=1S/C19H32N4O/c1-4-20-19(22-15-17-7-5-6-16(2)14-17)21-10-11-23(12-13-24-3)18-8-9-18/h5-7,14,18H,4,8-13,15H2,1-3H3,(H2,20,21,22). The number of ether oxygens (including phenoxy) is 1. The molecular formula is C19H32N4O. The van der Waals surface area contributed by atoms with Gasteiger partial charge >= 0.3 is 0 Å². The van der Waals surface area contributed by atoms with Crippen LogP contribution in [-0.2, 0) is 11.3 Å². The SMILES string of the molecule is CCNC(=NCc1cccc(C)c1)NCCN(CCOC)C1CC1. The van der Waals surface area contributed by atoms with E-state index in [9.17, 15) is 0 Å². The van der Waals surface area contributed by atoms with Gasteiger partial charge in [0.05, 0.1) is 13.2 Å². The Bertz CT molecular complexity index is 514. The maximum absolute atomic E-state index is 5.22. The van der Waals surface area contributed by atoms with Crippen LogP contribution in [0.15, 0.2) is 29.3 Å². The Morgan fingerprint density at radius 2 is 2.12 bits per heavy atom. The zero-order valence-electron chi connectivity index (χ0n) is 15.3. The van der Waals surface area contributed by atoms with Crippen LogP contribution < -0.4 is 10.6 Å². The van der Waals surface area contributed by atoms with E-state index in [-0.39, 0.29) is 0 Å². The molecule has 1 saturated carbocycles. The summed E-state index contributed by atoms with van der Waals surface area (Å²) in [6.07, 6.45) is 2.65. The summed E-state index contributed by atoms with van der Waals surface area (Å²) in [5.41, 5.74) is 2.52. The molecule has 1 aromatic rings. The quantitative estimate of drug-likeness (QED) is 0.509. The van der Waals surface area contributed by atoms with Gasteiger partial charge in [-0.2, -0.15) is 0 Å². The number of methoxy groups -OCH3 is 1. The third-order valence-corrected chi connectivity index (χ3v) is 4.18. The number of nitrogens with one attached hydrogen (secondary N) is 2. The second-order valence-corrected chi connectivity index (χ2v) is 6.37. The summed E-state index contributed by atoms with van der Waals surface area (Å²) < 4.78 is 5.22. The van der Waals surface area contributed by atoms with Gasteiger partial charge < -0.3 is 15.4 Å². The number of nitrogens with zero attached hydrogens (tertiary/aromatic N) is 2. The van der Waals surface area contributed by atoms with Gasteiger partial charge in [0.15, 0.2) is 5.96 Å². The summed E-state index contributed by atoms with van der Waals surface area (Å²) in [6, 6.07) is 9.27. The fourth-order valence-corrected chi connectivity index (χ4v) is 2.77. The minimum absolute atomic E-state index is 0.701. The average Bonchev–Trinajstić information content (AvgIpc) is 3.40. The highest BCUT2D eigenvalue weighted by molar-refractivity contribution is 5.79. The fraction of sp³-hybridized carbons (Fsp3) is 0.632. The van der Waals surface area contributed by atoms with Gasteiger partial charge in [-0.25, -0.2) is 4.99 Å². The molecule has 0 aromatic heterocycles. The summed E-state index contributed by atoms with van der Waals surface area (Å²) in [4.78, 5) is 7.21. The minimum Gasteiger partial charge on any atom is -0.383 e. The molecule has 0 aliphatic heterocycles. The predicted octanol–water partition coefficient (Wildman–Crippen LogP) is 2.16. The Morgan fingerprint density at radius 3 is 2.79 bits per heavy atom. The predicted molar refractivity (Wildman–Crippen MR) is 100 cm³/mol. The highest BCUT2D eigenvalue weighted by atomic mass is 16.5. The molecule has 134 valence electrons. The van der Waals surface area contributed by atoms with Crippen LogP contribution in [0.1, 0.15) is 30.9 Å². The summed E-state index contributed by atoms with van der Waals surface area (Å²) in [7, 11) is 1.77. The third-order valence-electron chi connectivity index (χ3n) is 4.18. The first kappa shape index (κ1) is 18.7. The molecule has 0 heterocycles. The summed E-state index contributed by atoms with van der Waals surface area (Å²) in [5, 5.41) is 6.78. The van der Waals surface area contributed by atoms with E-state index in [1.807, 2.05) is 0 Å². The molecule has 2 rings (SSSR count). The molecule has 0 spiro atoms. The molecule has 1 aliphatic rings. The van der Waals surface area contributed by atoms with Crippen LogP contribution in [0.25, 0.3) is 0 Å². The third kappa shape index (κ3) is 6.89. The van der Waals surface area contributed by atoms with E-state index in [4.69, 9.17) is 9.73 Å². The van der Waals surface area contributed by atoms with Crippen LogP contribution in [0.3, 0.4) is 0 Å². The molecule has 0 radical (unpaired) electrons. The maximum atomic E-state index is 5.22. The van der Waals surface area contributed by atoms with Gasteiger partial charge in [0.25, 0.3) is 0 Å². The lowest BCUT2D eigenvalue weighted by Gasteiger charge is -2.22. The van der Waals surface area contributed by atoms with Crippen LogP contribution in [0.2, 0.25) is 0 Å². The number of hydrogen-bond donors (Lipinski definition) is 2. The molecule has 0 saturated heterocycles. The number of guanidine groups is 1. The van der Waals surface area contributed by atoms with Crippen molar-refractivity contribution in [1.82, 2.24) is 15.5 Å². The summed E-state index contributed by atoms with van der Waals surface area (Å²) in [6.45, 7) is 9.53. The number of aryl methyl sites for hydroxylation is 1. The van der Waals surface area contributed by atoms with Crippen molar-refractivity contribution in [3.63, 3.8) is 0 Å². The van der Waals surface area contributed by atoms with Gasteiger partial charge in [0, 0.05) is 39.3 Å². The lowest BCUT2D eigenvalue weighted by molar-refractivity contribution is 0.144. The van der Waals surface area contributed by atoms with Crippen LogP contribution in [0, 0.1) is 6.92 Å². The zero-order valence-corrected chi connectivity index (χ0v) is 15.3. The second kappa shape index (κ2) is 10.3. The molecule has 1 aromatic carbocycles. The van der Waals surface area contributed by atoms with Crippen LogP contribution in [0.5, 0.6) is 0 Å². The topological polar surface area (TPSA) is 48.9 Å². The largest absolute Gasteiger partial charge is 0.383 e. The van der Waals surface area contributed by atoms with Crippen LogP contribution >= 0.6 is 0 Å². The number of hydrogen-bond acceptors (Lipinski definition) is 3. The molecule has 24 heavy (non-hydrogen) atoms. The lowest BCUT2D eigenvalue weighted by atomic mass is 10.1. The molecule has 1 aliphatic carbocycles. The smallest absolute Gasteiger partial charge is 0.191 e. The molecule has 2 N–H and O–H groups in total. The van der Waals surface area contributed by atoms with E-state index >= 15 is 0 Å². The molecule has 0 amide bonds. The van der Waals surface area contributed by atoms with Crippen molar-refractivity contribution in [3.8, 4) is 0 Å². The van der Waals surface area contributed by atoms with Gasteiger partial charge in [-0.3, -0.25) is 4.90 Å². The Balaban J connectivity index is 1.80. The van der Waals surface area contributed by atoms with Crippen molar-refractivity contribution >= 4 is 5.96 Å². The summed E-state index contributed by atoms with van der Waals surface area (Å²) >= 11 is 0. The molecule has 1 fully saturated rings. The van der Waals surface area contributed by atoms with E-state index in [1.165, 1.54) is 24.0 Å². The van der Waals surface area contributed by atoms with Crippen molar-refractivity contribution in [3.05, 3.63) is 35.4 Å². The molecule has 5 heteroatoms. The van der Waals surface area contributed by atoms with Crippen LogP contribution in [-0.4, -0.2) is 56.8 Å². The van der Waals surface area contributed by atoms with Gasteiger partial charge in [-0.15, -0.1) is 0 Å². The normalized spacial score (nSPS) is 14.9. The number of benzene rings is 1. The lowest BCUT2D eigenvalue weighted by Crippen LogP contribution is -2.42. The monoisotopic (exact) mass is 332 g/mol. The Labute approximate surface area is 146 Å². The van der Waals surface area contributed by atoms with Gasteiger partial charge in [0.2, 0.25) is 0 Å². The van der Waals surface area contributed by atoms with Crippen LogP contribution in [0.4, 0.5) is 0 Å². The van der Waals surface area contributed by atoms with Crippen molar-refractivity contribution < 1.29 is 4.74 Å². The fourth-order valence-electron chi connectivity index (χ4n) is 2.77. The van der Waals surface area contributed by atoms with Gasteiger partial charge in [-0.05, 0) is 32.3 Å². The first-order valence-corrected chi connectivity index (χ1v) is 9.03. The number of aliphatic imine (C=N–C) groups is 1. The maximum Gasteiger partial charge on any atom is 0.191 e. The first-order valence-electron chi connectivity index (χ1n) is 9.03. The zero-order chi connectivity index (χ0) is 17.2. The van der Waals surface area contributed by atoms with Crippen molar-refractivity contribution in [2.24, 2.45) is 4.99 Å². The van der Waals surface area contributed by atoms with Gasteiger partial charge in [0.1, 0.15) is 0 Å². The molecule has 0 atom stereocenters. The Kier molecular flexibility index (Phi) is 8.05. The van der Waals surface area contributed by atoms with E-state index < -0.39 is 0 Å². The molecule has 0 bridgehead atoms. The van der Waals surface area contributed by atoms with E-state index in [0.29, 0.717) is 6.54 Å². The van der Waals surface area contributed by atoms with Crippen molar-refractivity contribution in [1.29, 1.82) is 0 Å². The minimum atomic E-state index is 0.701. The second-order valence-electron chi connectivity index (χ2n) is 6.37. The molecular weight excluding hydrogens is 300 g/mol. The van der Waals surface area contributed by atoms with E-state index in [1.54, 1.807) is 7.11 Å². The molecule has 5 nitrogen and oxygen atoms in total. The summed E-state index contributed by atoms with van der Waals surface area (Å²) in [5.74, 6) is 0.890. The Hall–Kier alpha value is -1.59. The van der Waals surface area contributed by atoms with Crippen molar-refractivity contribution in [2.45, 2.75) is 39.3 Å². The molecule has 0 unspecified atom stereocenters. The number of rotatable bonds is 10. The Morgan fingerprint density at radius 1 is 1.29 bits per heavy atom. The highest BCUT2D eigenvalue weighted by Gasteiger charge is 2.28. The average molecular weight is 332 g/mol. The van der Waals surface area contributed by atoms with E-state index in [2.05, 4.69) is 53.6 Å².